The van der Waals surface area contributed by atoms with Crippen molar-refractivity contribution < 1.29 is 13.7 Å². The number of nitrogens with zero attached hydrogens (tertiary/aromatic N) is 4. The van der Waals surface area contributed by atoms with Crippen LogP contribution >= 0.6 is 11.8 Å². The molecule has 1 amide bonds. The molecule has 0 unspecified atom stereocenters. The molecule has 3 aromatic heterocycles. The molecule has 0 bridgehead atoms. The molecule has 0 aliphatic rings. The van der Waals surface area contributed by atoms with E-state index in [4.69, 9.17) is 8.94 Å². The molecular weight excluding hydrogens is 442 g/mol. The Morgan fingerprint density at radius 1 is 1.24 bits per heavy atom. The molecule has 0 saturated heterocycles. The standard InChI is InChI=1S/C23H25N5O4S/c1-14-18(15(2)32-26-14)13-33-22-17(6-5-9-24-22)21(29)25-16-7-8-20-19(12-16)28(23(30)31-20)11-10-27(3)4/h5-9,12H,10-11,13H2,1-4H3,(H,25,29). The van der Waals surface area contributed by atoms with Crippen LogP contribution in [0.25, 0.3) is 11.1 Å². The number of anilines is 1. The normalized spacial score (nSPS) is 11.4. The van der Waals surface area contributed by atoms with Gasteiger partial charge in [-0.25, -0.2) is 9.78 Å². The summed E-state index contributed by atoms with van der Waals surface area (Å²) < 4.78 is 12.1. The number of hydrogen-bond acceptors (Lipinski definition) is 8. The minimum atomic E-state index is -0.416. The number of carbonyl (C=O) groups is 1. The van der Waals surface area contributed by atoms with Gasteiger partial charge < -0.3 is 19.2 Å². The quantitative estimate of drug-likeness (QED) is 0.391. The lowest BCUT2D eigenvalue weighted by molar-refractivity contribution is 0.102. The average molecular weight is 468 g/mol. The van der Waals surface area contributed by atoms with Crippen LogP contribution in [0.2, 0.25) is 0 Å². The Hall–Kier alpha value is -3.37. The van der Waals surface area contributed by atoms with Gasteiger partial charge in [0, 0.05) is 36.3 Å². The Morgan fingerprint density at radius 2 is 2.06 bits per heavy atom. The summed E-state index contributed by atoms with van der Waals surface area (Å²) in [5, 5.41) is 7.51. The smallest absolute Gasteiger partial charge is 0.408 e. The first-order valence-corrected chi connectivity index (χ1v) is 11.4. The van der Waals surface area contributed by atoms with Crippen molar-refractivity contribution in [3.8, 4) is 0 Å². The highest BCUT2D eigenvalue weighted by atomic mass is 32.2. The lowest BCUT2D eigenvalue weighted by Crippen LogP contribution is -2.23. The van der Waals surface area contributed by atoms with Crippen molar-refractivity contribution in [3.63, 3.8) is 0 Å². The Balaban J connectivity index is 1.55. The lowest BCUT2D eigenvalue weighted by atomic mass is 10.2. The number of carbonyl (C=O) groups excluding carboxylic acids is 1. The van der Waals surface area contributed by atoms with Gasteiger partial charge in [-0.15, -0.1) is 11.8 Å². The molecule has 0 aliphatic heterocycles. The number of likely N-dealkylation sites (N-methyl/N-ethyl adjacent to an activating group) is 1. The molecule has 0 spiro atoms. The second kappa shape index (κ2) is 9.63. The first-order chi connectivity index (χ1) is 15.8. The summed E-state index contributed by atoms with van der Waals surface area (Å²) in [6, 6.07) is 8.62. The van der Waals surface area contributed by atoms with Crippen LogP contribution in [-0.2, 0) is 12.3 Å². The fourth-order valence-corrected chi connectivity index (χ4v) is 4.52. The van der Waals surface area contributed by atoms with Crippen LogP contribution in [0.15, 0.2) is 55.3 Å². The van der Waals surface area contributed by atoms with E-state index in [9.17, 15) is 9.59 Å². The van der Waals surface area contributed by atoms with E-state index in [1.807, 2.05) is 32.8 Å². The van der Waals surface area contributed by atoms with Crippen molar-refractivity contribution in [2.75, 3.05) is 26.0 Å². The molecule has 0 atom stereocenters. The predicted octanol–water partition coefficient (Wildman–Crippen LogP) is 3.70. The highest BCUT2D eigenvalue weighted by Gasteiger charge is 2.17. The maximum Gasteiger partial charge on any atom is 0.419 e. The maximum atomic E-state index is 13.1. The number of hydrogen-bond donors (Lipinski definition) is 1. The van der Waals surface area contributed by atoms with Crippen LogP contribution in [0.5, 0.6) is 0 Å². The molecule has 1 aromatic carbocycles. The average Bonchev–Trinajstić information content (AvgIpc) is 3.28. The Kier molecular flexibility index (Phi) is 6.66. The number of aryl methyl sites for hydroxylation is 2. The van der Waals surface area contributed by atoms with E-state index in [0.29, 0.717) is 46.2 Å². The third kappa shape index (κ3) is 5.01. The van der Waals surface area contributed by atoms with E-state index >= 15 is 0 Å². The van der Waals surface area contributed by atoms with Crippen LogP contribution in [-0.4, -0.2) is 46.2 Å². The molecule has 33 heavy (non-hydrogen) atoms. The van der Waals surface area contributed by atoms with E-state index in [1.165, 1.54) is 11.8 Å². The van der Waals surface area contributed by atoms with E-state index in [0.717, 1.165) is 17.0 Å². The Morgan fingerprint density at radius 3 is 2.79 bits per heavy atom. The molecule has 10 heteroatoms. The van der Waals surface area contributed by atoms with Crippen LogP contribution in [0.4, 0.5) is 5.69 Å². The first kappa shape index (κ1) is 22.8. The zero-order valence-corrected chi connectivity index (χ0v) is 19.7. The van der Waals surface area contributed by atoms with Crippen LogP contribution in [0, 0.1) is 13.8 Å². The molecule has 4 aromatic rings. The second-order valence-corrected chi connectivity index (χ2v) is 8.87. The number of amides is 1. The summed E-state index contributed by atoms with van der Waals surface area (Å²) in [7, 11) is 3.88. The summed E-state index contributed by atoms with van der Waals surface area (Å²) in [4.78, 5) is 31.7. The molecule has 4 rings (SSSR count). The van der Waals surface area contributed by atoms with Gasteiger partial charge in [-0.2, -0.15) is 0 Å². The number of oxazole rings is 1. The zero-order valence-electron chi connectivity index (χ0n) is 18.9. The maximum absolute atomic E-state index is 13.1. The highest BCUT2D eigenvalue weighted by Crippen LogP contribution is 2.28. The largest absolute Gasteiger partial charge is 0.419 e. The van der Waals surface area contributed by atoms with E-state index in [1.54, 1.807) is 41.1 Å². The molecule has 0 fully saturated rings. The van der Waals surface area contributed by atoms with E-state index < -0.39 is 5.76 Å². The van der Waals surface area contributed by atoms with Gasteiger partial charge in [-0.1, -0.05) is 5.16 Å². The summed E-state index contributed by atoms with van der Waals surface area (Å²) in [6.45, 7) is 4.93. The molecule has 1 N–H and O–H groups in total. The number of rotatable bonds is 8. The number of aromatic nitrogens is 3. The third-order valence-corrected chi connectivity index (χ3v) is 6.28. The van der Waals surface area contributed by atoms with Crippen LogP contribution in [0.1, 0.15) is 27.4 Å². The highest BCUT2D eigenvalue weighted by molar-refractivity contribution is 7.98. The number of benzene rings is 1. The molecule has 0 aliphatic carbocycles. The van der Waals surface area contributed by atoms with Gasteiger partial charge in [0.2, 0.25) is 0 Å². The van der Waals surface area contributed by atoms with E-state index in [-0.39, 0.29) is 5.91 Å². The van der Waals surface area contributed by atoms with Crippen LogP contribution < -0.4 is 11.1 Å². The molecule has 9 nitrogen and oxygen atoms in total. The van der Waals surface area contributed by atoms with Crippen molar-refractivity contribution >= 4 is 34.5 Å². The van der Waals surface area contributed by atoms with Crippen molar-refractivity contribution in [3.05, 3.63) is 69.7 Å². The van der Waals surface area contributed by atoms with Gasteiger partial charge in [-0.05, 0) is 58.3 Å². The topological polar surface area (TPSA) is 106 Å². The molecular formula is C23H25N5O4S. The van der Waals surface area contributed by atoms with Crippen molar-refractivity contribution in [1.82, 2.24) is 19.6 Å². The van der Waals surface area contributed by atoms with Crippen molar-refractivity contribution in [2.45, 2.75) is 31.2 Å². The Labute approximate surface area is 194 Å². The summed E-state index contributed by atoms with van der Waals surface area (Å²) in [5.41, 5.74) is 3.98. The zero-order chi connectivity index (χ0) is 23.5. The fraction of sp³-hybridized carbons (Fsp3) is 0.304. The SMILES string of the molecule is Cc1noc(C)c1CSc1ncccc1C(=O)Nc1ccc2oc(=O)n(CCN(C)C)c2c1. The van der Waals surface area contributed by atoms with Crippen molar-refractivity contribution in [1.29, 1.82) is 0 Å². The summed E-state index contributed by atoms with van der Waals surface area (Å²) >= 11 is 1.45. The molecule has 172 valence electrons. The van der Waals surface area contributed by atoms with E-state index in [2.05, 4.69) is 15.5 Å². The van der Waals surface area contributed by atoms with Gasteiger partial charge in [0.25, 0.3) is 5.91 Å². The second-order valence-electron chi connectivity index (χ2n) is 7.91. The van der Waals surface area contributed by atoms with Gasteiger partial charge in [0.05, 0.1) is 16.8 Å². The minimum absolute atomic E-state index is 0.283. The van der Waals surface area contributed by atoms with Gasteiger partial charge >= 0.3 is 5.76 Å². The summed E-state index contributed by atoms with van der Waals surface area (Å²) in [6.07, 6.45) is 1.66. The van der Waals surface area contributed by atoms with Crippen LogP contribution in [0.3, 0.4) is 0 Å². The van der Waals surface area contributed by atoms with Crippen molar-refractivity contribution in [2.24, 2.45) is 0 Å². The van der Waals surface area contributed by atoms with Gasteiger partial charge in [-0.3, -0.25) is 9.36 Å². The molecule has 3 heterocycles. The van der Waals surface area contributed by atoms with Gasteiger partial charge in [0.15, 0.2) is 5.58 Å². The molecule has 0 saturated carbocycles. The third-order valence-electron chi connectivity index (χ3n) is 5.25. The predicted molar refractivity (Wildman–Crippen MR) is 127 cm³/mol. The number of fused-ring (bicyclic) bond motifs is 1. The monoisotopic (exact) mass is 467 g/mol. The number of thioether (sulfide) groups is 1. The first-order valence-electron chi connectivity index (χ1n) is 10.4. The fourth-order valence-electron chi connectivity index (χ4n) is 3.38. The number of nitrogens with one attached hydrogen (secondary N) is 1. The molecule has 0 radical (unpaired) electrons. The van der Waals surface area contributed by atoms with Gasteiger partial charge in [0.1, 0.15) is 10.8 Å². The lowest BCUT2D eigenvalue weighted by Gasteiger charge is -2.11. The summed E-state index contributed by atoms with van der Waals surface area (Å²) in [5.74, 6) is 0.656. The number of pyridine rings is 1. The minimum Gasteiger partial charge on any atom is -0.408 e. The Bertz CT molecular complexity index is 1340.